The van der Waals surface area contributed by atoms with Gasteiger partial charge in [-0.15, -0.1) is 11.3 Å². The Labute approximate surface area is 125 Å². The SMILES string of the molecule is COC(C)c1nc(CN(C)C2CCC(CO)CC2)cs1. The molecule has 1 atom stereocenters. The zero-order valence-electron chi connectivity index (χ0n) is 12.7. The molecule has 1 aromatic rings. The van der Waals surface area contributed by atoms with Crippen molar-refractivity contribution in [2.24, 2.45) is 5.92 Å². The van der Waals surface area contributed by atoms with Crippen LogP contribution in [0.3, 0.4) is 0 Å². The van der Waals surface area contributed by atoms with Crippen molar-refractivity contribution in [1.82, 2.24) is 9.88 Å². The number of hydrogen-bond acceptors (Lipinski definition) is 5. The fraction of sp³-hybridized carbons (Fsp3) is 0.800. The maximum Gasteiger partial charge on any atom is 0.122 e. The summed E-state index contributed by atoms with van der Waals surface area (Å²) < 4.78 is 5.31. The Hall–Kier alpha value is -0.490. The lowest BCUT2D eigenvalue weighted by Crippen LogP contribution is -2.35. The summed E-state index contributed by atoms with van der Waals surface area (Å²) in [7, 11) is 3.90. The minimum atomic E-state index is 0.0825. The highest BCUT2D eigenvalue weighted by atomic mass is 32.1. The van der Waals surface area contributed by atoms with Gasteiger partial charge in [-0.05, 0) is 45.6 Å². The van der Waals surface area contributed by atoms with Gasteiger partial charge < -0.3 is 9.84 Å². The van der Waals surface area contributed by atoms with E-state index in [1.165, 1.54) is 12.8 Å². The molecule has 2 rings (SSSR count). The van der Waals surface area contributed by atoms with Crippen molar-refractivity contribution in [2.75, 3.05) is 20.8 Å². The number of thiazole rings is 1. The molecule has 0 saturated heterocycles. The van der Waals surface area contributed by atoms with Crippen LogP contribution in [0.25, 0.3) is 0 Å². The van der Waals surface area contributed by atoms with Gasteiger partial charge in [0.15, 0.2) is 0 Å². The summed E-state index contributed by atoms with van der Waals surface area (Å²) in [5.74, 6) is 0.521. The highest BCUT2D eigenvalue weighted by Gasteiger charge is 2.24. The molecule has 5 heteroatoms. The first-order chi connectivity index (χ1) is 9.63. The van der Waals surface area contributed by atoms with Gasteiger partial charge in [-0.2, -0.15) is 0 Å². The number of hydrogen-bond donors (Lipinski definition) is 1. The summed E-state index contributed by atoms with van der Waals surface area (Å²) >= 11 is 1.68. The van der Waals surface area contributed by atoms with Crippen LogP contribution in [-0.4, -0.2) is 41.8 Å². The molecular formula is C15H26N2O2S. The Kier molecular flexibility index (Phi) is 5.96. The van der Waals surface area contributed by atoms with Gasteiger partial charge in [-0.3, -0.25) is 4.90 Å². The van der Waals surface area contributed by atoms with Crippen molar-refractivity contribution in [2.45, 2.75) is 51.3 Å². The Morgan fingerprint density at radius 3 is 2.75 bits per heavy atom. The van der Waals surface area contributed by atoms with Crippen LogP contribution < -0.4 is 0 Å². The maximum absolute atomic E-state index is 9.20. The molecule has 0 aliphatic heterocycles. The largest absolute Gasteiger partial charge is 0.396 e. The first kappa shape index (κ1) is 15.9. The lowest BCUT2D eigenvalue weighted by molar-refractivity contribution is 0.117. The zero-order valence-corrected chi connectivity index (χ0v) is 13.5. The molecule has 1 aliphatic rings. The predicted octanol–water partition coefficient (Wildman–Crippen LogP) is 2.83. The van der Waals surface area contributed by atoms with Crippen LogP contribution in [0.1, 0.15) is 49.4 Å². The minimum absolute atomic E-state index is 0.0825. The maximum atomic E-state index is 9.20. The summed E-state index contributed by atoms with van der Waals surface area (Å²) in [6, 6.07) is 0.628. The molecular weight excluding hydrogens is 272 g/mol. The van der Waals surface area contributed by atoms with Gasteiger partial charge in [0.05, 0.1) is 5.69 Å². The van der Waals surface area contributed by atoms with Crippen molar-refractivity contribution >= 4 is 11.3 Å². The molecule has 1 N–H and O–H groups in total. The van der Waals surface area contributed by atoms with E-state index in [2.05, 4.69) is 22.3 Å². The Morgan fingerprint density at radius 1 is 1.45 bits per heavy atom. The smallest absolute Gasteiger partial charge is 0.122 e. The average molecular weight is 298 g/mol. The highest BCUT2D eigenvalue weighted by Crippen LogP contribution is 2.28. The van der Waals surface area contributed by atoms with Crippen molar-refractivity contribution in [1.29, 1.82) is 0 Å². The average Bonchev–Trinajstić information content (AvgIpc) is 2.95. The van der Waals surface area contributed by atoms with Crippen LogP contribution in [0.15, 0.2) is 5.38 Å². The van der Waals surface area contributed by atoms with Gasteiger partial charge in [0, 0.05) is 31.7 Å². The second-order valence-electron chi connectivity index (χ2n) is 5.83. The quantitative estimate of drug-likeness (QED) is 0.877. The van der Waals surface area contributed by atoms with Crippen molar-refractivity contribution in [3.8, 4) is 0 Å². The third-order valence-corrected chi connectivity index (χ3v) is 5.43. The molecule has 0 radical (unpaired) electrons. The number of aromatic nitrogens is 1. The molecule has 4 nitrogen and oxygen atoms in total. The van der Waals surface area contributed by atoms with E-state index in [9.17, 15) is 5.11 Å². The molecule has 1 aliphatic carbocycles. The van der Waals surface area contributed by atoms with E-state index in [1.54, 1.807) is 18.4 Å². The van der Waals surface area contributed by atoms with Crippen LogP contribution in [-0.2, 0) is 11.3 Å². The van der Waals surface area contributed by atoms with Gasteiger partial charge in [-0.1, -0.05) is 0 Å². The molecule has 0 spiro atoms. The molecule has 1 saturated carbocycles. The van der Waals surface area contributed by atoms with Crippen LogP contribution in [0.2, 0.25) is 0 Å². The van der Waals surface area contributed by atoms with Gasteiger partial charge in [-0.25, -0.2) is 4.98 Å². The fourth-order valence-corrected chi connectivity index (χ4v) is 3.68. The Bertz CT molecular complexity index is 402. The van der Waals surface area contributed by atoms with E-state index in [4.69, 9.17) is 4.74 Å². The van der Waals surface area contributed by atoms with Crippen LogP contribution in [0, 0.1) is 5.92 Å². The summed E-state index contributed by atoms with van der Waals surface area (Å²) in [5.41, 5.74) is 1.14. The number of nitrogens with zero attached hydrogens (tertiary/aromatic N) is 2. The molecule has 0 bridgehead atoms. The summed E-state index contributed by atoms with van der Waals surface area (Å²) in [6.07, 6.45) is 4.75. The van der Waals surface area contributed by atoms with Crippen molar-refractivity contribution in [3.05, 3.63) is 16.1 Å². The van der Waals surface area contributed by atoms with Gasteiger partial charge in [0.1, 0.15) is 11.1 Å². The standard InChI is InChI=1S/C15H26N2O2S/c1-11(19-3)15-16-13(10-20-15)8-17(2)14-6-4-12(9-18)5-7-14/h10-12,14,18H,4-9H2,1-3H3. The Balaban J connectivity index is 1.85. The number of rotatable bonds is 6. The van der Waals surface area contributed by atoms with Gasteiger partial charge in [0.25, 0.3) is 0 Å². The second-order valence-corrected chi connectivity index (χ2v) is 6.72. The number of methoxy groups -OCH3 is 1. The van der Waals surface area contributed by atoms with Crippen LogP contribution in [0.4, 0.5) is 0 Å². The molecule has 0 aromatic carbocycles. The molecule has 0 amide bonds. The minimum Gasteiger partial charge on any atom is -0.396 e. The third-order valence-electron chi connectivity index (χ3n) is 4.38. The first-order valence-corrected chi connectivity index (χ1v) is 8.30. The third kappa shape index (κ3) is 4.01. The molecule has 1 heterocycles. The van der Waals surface area contributed by atoms with Gasteiger partial charge in [0.2, 0.25) is 0 Å². The van der Waals surface area contributed by atoms with Gasteiger partial charge >= 0.3 is 0 Å². The van der Waals surface area contributed by atoms with E-state index in [-0.39, 0.29) is 6.10 Å². The predicted molar refractivity (Wildman–Crippen MR) is 81.8 cm³/mol. The van der Waals surface area contributed by atoms with E-state index >= 15 is 0 Å². The summed E-state index contributed by atoms with van der Waals surface area (Å²) in [4.78, 5) is 7.07. The summed E-state index contributed by atoms with van der Waals surface area (Å²) in [6.45, 7) is 3.28. The van der Waals surface area contributed by atoms with Crippen molar-refractivity contribution in [3.63, 3.8) is 0 Å². The van der Waals surface area contributed by atoms with E-state index < -0.39 is 0 Å². The Morgan fingerprint density at radius 2 is 2.15 bits per heavy atom. The number of ether oxygens (including phenoxy) is 1. The molecule has 114 valence electrons. The van der Waals surface area contributed by atoms with E-state index in [0.29, 0.717) is 18.6 Å². The fourth-order valence-electron chi connectivity index (χ4n) is 2.84. The first-order valence-electron chi connectivity index (χ1n) is 7.42. The lowest BCUT2D eigenvalue weighted by Gasteiger charge is -2.33. The van der Waals surface area contributed by atoms with Crippen molar-refractivity contribution < 1.29 is 9.84 Å². The normalized spacial score (nSPS) is 25.1. The molecule has 1 aromatic heterocycles. The number of aliphatic hydroxyl groups excluding tert-OH is 1. The molecule has 1 unspecified atom stereocenters. The monoisotopic (exact) mass is 298 g/mol. The van der Waals surface area contributed by atoms with Crippen LogP contribution >= 0.6 is 11.3 Å². The molecule has 20 heavy (non-hydrogen) atoms. The lowest BCUT2D eigenvalue weighted by atomic mass is 9.86. The zero-order chi connectivity index (χ0) is 14.5. The molecule has 1 fully saturated rings. The topological polar surface area (TPSA) is 45.6 Å². The van der Waals surface area contributed by atoms with Crippen LogP contribution in [0.5, 0.6) is 0 Å². The second kappa shape index (κ2) is 7.50. The highest BCUT2D eigenvalue weighted by molar-refractivity contribution is 7.09. The van der Waals surface area contributed by atoms with E-state index in [0.717, 1.165) is 30.1 Å². The van der Waals surface area contributed by atoms with E-state index in [1.807, 2.05) is 6.92 Å². The summed E-state index contributed by atoms with van der Waals surface area (Å²) in [5, 5.41) is 12.4. The number of aliphatic hydroxyl groups is 1.